The van der Waals surface area contributed by atoms with Gasteiger partial charge in [-0.1, -0.05) is 0 Å². The first-order chi connectivity index (χ1) is 9.10. The maximum Gasteiger partial charge on any atom is 0.311 e. The van der Waals surface area contributed by atoms with Crippen LogP contribution in [-0.4, -0.2) is 33.2 Å². The van der Waals surface area contributed by atoms with Gasteiger partial charge in [-0.25, -0.2) is 4.98 Å². The number of hydrogen-bond donors (Lipinski definition) is 2. The number of carboxylic acid groups (broad SMARTS) is 1. The molecule has 0 saturated carbocycles. The van der Waals surface area contributed by atoms with Gasteiger partial charge < -0.3 is 15.2 Å². The van der Waals surface area contributed by atoms with Crippen LogP contribution >= 0.6 is 0 Å². The van der Waals surface area contributed by atoms with Gasteiger partial charge in [0.2, 0.25) is 11.8 Å². The topological polar surface area (TPSA) is 84.3 Å². The summed E-state index contributed by atoms with van der Waals surface area (Å²) in [5.74, 6) is -0.0353. The lowest BCUT2D eigenvalue weighted by Crippen LogP contribution is -2.51. The zero-order valence-corrected chi connectivity index (χ0v) is 12.9. The van der Waals surface area contributed by atoms with Crippen molar-refractivity contribution in [2.24, 2.45) is 5.41 Å². The predicted octanol–water partition coefficient (Wildman–Crippen LogP) is 2.49. The molecule has 0 fully saturated rings. The van der Waals surface area contributed by atoms with E-state index in [2.05, 4.69) is 15.3 Å². The fraction of sp³-hybridized carbons (Fsp3) is 0.643. The molecule has 0 aliphatic carbocycles. The van der Waals surface area contributed by atoms with Crippen molar-refractivity contribution < 1.29 is 14.6 Å². The molecule has 0 saturated heterocycles. The smallest absolute Gasteiger partial charge is 0.311 e. The number of hydrogen-bond acceptors (Lipinski definition) is 5. The maximum absolute atomic E-state index is 11.4. The molecule has 2 N–H and O–H groups in total. The Morgan fingerprint density at radius 2 is 1.95 bits per heavy atom. The van der Waals surface area contributed by atoms with Gasteiger partial charge in [0, 0.05) is 11.8 Å². The summed E-state index contributed by atoms with van der Waals surface area (Å²) in [6, 6.07) is 1.74. The lowest BCUT2D eigenvalue weighted by molar-refractivity contribution is -0.149. The number of nitrogens with zero attached hydrogens (tertiary/aromatic N) is 2. The second-order valence-electron chi connectivity index (χ2n) is 5.78. The van der Waals surface area contributed by atoms with Crippen LogP contribution in [0.4, 0.5) is 5.95 Å². The highest BCUT2D eigenvalue weighted by molar-refractivity contribution is 5.76. The molecule has 0 spiro atoms. The predicted molar refractivity (Wildman–Crippen MR) is 77.1 cm³/mol. The van der Waals surface area contributed by atoms with Gasteiger partial charge in [-0.3, -0.25) is 4.79 Å². The van der Waals surface area contributed by atoms with Gasteiger partial charge in [-0.15, -0.1) is 0 Å². The molecule has 20 heavy (non-hydrogen) atoms. The van der Waals surface area contributed by atoms with Crippen LogP contribution in [0.25, 0.3) is 0 Å². The van der Waals surface area contributed by atoms with Gasteiger partial charge in [0.05, 0.1) is 17.6 Å². The number of aromatic nitrogens is 2. The van der Waals surface area contributed by atoms with E-state index in [1.54, 1.807) is 19.9 Å². The van der Waals surface area contributed by atoms with Crippen molar-refractivity contribution in [3.8, 4) is 5.88 Å². The zero-order chi connectivity index (χ0) is 15.6. The first kappa shape index (κ1) is 16.2. The van der Waals surface area contributed by atoms with E-state index in [1.165, 1.54) is 0 Å². The monoisotopic (exact) mass is 281 g/mol. The van der Waals surface area contributed by atoms with Gasteiger partial charge in [-0.05, 0) is 41.5 Å². The Hall–Kier alpha value is -1.85. The van der Waals surface area contributed by atoms with Crippen molar-refractivity contribution in [3.05, 3.63) is 11.8 Å². The zero-order valence-electron chi connectivity index (χ0n) is 12.9. The van der Waals surface area contributed by atoms with Gasteiger partial charge in [0.15, 0.2) is 0 Å². The molecule has 1 aromatic heterocycles. The largest absolute Gasteiger partial charge is 0.481 e. The molecule has 0 atom stereocenters. The van der Waals surface area contributed by atoms with Crippen LogP contribution in [0.1, 0.15) is 40.3 Å². The Balaban J connectivity index is 3.06. The molecule has 0 radical (unpaired) electrons. The van der Waals surface area contributed by atoms with Gasteiger partial charge >= 0.3 is 5.97 Å². The molecular weight excluding hydrogens is 258 g/mol. The van der Waals surface area contributed by atoms with E-state index in [9.17, 15) is 9.90 Å². The van der Waals surface area contributed by atoms with Crippen LogP contribution < -0.4 is 10.1 Å². The van der Waals surface area contributed by atoms with E-state index in [1.807, 2.05) is 27.7 Å². The molecule has 0 unspecified atom stereocenters. The normalized spacial score (nSPS) is 12.1. The van der Waals surface area contributed by atoms with Crippen molar-refractivity contribution in [3.63, 3.8) is 0 Å². The quantitative estimate of drug-likeness (QED) is 0.833. The SMILES string of the molecule is CCOc1cc(C)nc(NC(C)(C)C(C)(C)C(=O)O)n1. The molecule has 0 aliphatic heterocycles. The number of carbonyl (C=O) groups is 1. The minimum absolute atomic E-state index is 0.368. The van der Waals surface area contributed by atoms with E-state index < -0.39 is 16.9 Å². The average molecular weight is 281 g/mol. The van der Waals surface area contributed by atoms with Crippen molar-refractivity contribution in [2.75, 3.05) is 11.9 Å². The first-order valence-electron chi connectivity index (χ1n) is 6.60. The third-order valence-electron chi connectivity index (χ3n) is 3.64. The number of nitrogens with one attached hydrogen (secondary N) is 1. The van der Waals surface area contributed by atoms with Crippen molar-refractivity contribution in [1.29, 1.82) is 0 Å². The molecule has 0 amide bonds. The van der Waals surface area contributed by atoms with Crippen LogP contribution in [0.2, 0.25) is 0 Å². The summed E-state index contributed by atoms with van der Waals surface area (Å²) in [5, 5.41) is 12.4. The first-order valence-corrected chi connectivity index (χ1v) is 6.60. The molecule has 6 nitrogen and oxygen atoms in total. The fourth-order valence-corrected chi connectivity index (χ4v) is 1.52. The van der Waals surface area contributed by atoms with Crippen molar-refractivity contribution in [1.82, 2.24) is 9.97 Å². The molecule has 0 bridgehead atoms. The highest BCUT2D eigenvalue weighted by Crippen LogP contribution is 2.33. The van der Waals surface area contributed by atoms with Crippen LogP contribution in [-0.2, 0) is 4.79 Å². The minimum atomic E-state index is -0.980. The third kappa shape index (κ3) is 3.37. The molecule has 112 valence electrons. The number of anilines is 1. The summed E-state index contributed by atoms with van der Waals surface area (Å²) in [6.07, 6.45) is 0. The van der Waals surface area contributed by atoms with E-state index in [-0.39, 0.29) is 0 Å². The molecule has 0 aliphatic rings. The molecule has 1 heterocycles. The Morgan fingerprint density at radius 3 is 2.45 bits per heavy atom. The number of ether oxygens (including phenoxy) is 1. The van der Waals surface area contributed by atoms with Crippen LogP contribution in [0.3, 0.4) is 0 Å². The number of aryl methyl sites for hydroxylation is 1. The summed E-state index contributed by atoms with van der Waals surface area (Å²) >= 11 is 0. The summed E-state index contributed by atoms with van der Waals surface area (Å²) in [5.41, 5.74) is -0.947. The Bertz CT molecular complexity index is 498. The van der Waals surface area contributed by atoms with E-state index in [4.69, 9.17) is 4.74 Å². The lowest BCUT2D eigenvalue weighted by Gasteiger charge is -2.38. The van der Waals surface area contributed by atoms with E-state index >= 15 is 0 Å². The fourth-order valence-electron chi connectivity index (χ4n) is 1.52. The average Bonchev–Trinajstić information content (AvgIpc) is 2.27. The van der Waals surface area contributed by atoms with Gasteiger partial charge in [0.1, 0.15) is 0 Å². The summed E-state index contributed by atoms with van der Waals surface area (Å²) < 4.78 is 5.37. The molecule has 6 heteroatoms. The van der Waals surface area contributed by atoms with Gasteiger partial charge in [0.25, 0.3) is 0 Å². The van der Waals surface area contributed by atoms with Crippen LogP contribution in [0.15, 0.2) is 6.07 Å². The van der Waals surface area contributed by atoms with Crippen molar-refractivity contribution in [2.45, 2.75) is 47.1 Å². The van der Waals surface area contributed by atoms with Crippen molar-refractivity contribution >= 4 is 11.9 Å². The molecule has 1 aromatic rings. The summed E-state index contributed by atoms with van der Waals surface area (Å²) in [6.45, 7) is 11.2. The molecule has 0 aromatic carbocycles. The van der Waals surface area contributed by atoms with E-state index in [0.717, 1.165) is 5.69 Å². The van der Waals surface area contributed by atoms with Crippen LogP contribution in [0.5, 0.6) is 5.88 Å². The summed E-state index contributed by atoms with van der Waals surface area (Å²) in [7, 11) is 0. The summed E-state index contributed by atoms with van der Waals surface area (Å²) in [4.78, 5) is 19.9. The Kier molecular flexibility index (Phi) is 4.57. The Labute approximate surface area is 119 Å². The molecule has 1 rings (SSSR count). The van der Waals surface area contributed by atoms with Gasteiger partial charge in [-0.2, -0.15) is 4.98 Å². The lowest BCUT2D eigenvalue weighted by atomic mass is 9.74. The maximum atomic E-state index is 11.4. The second-order valence-corrected chi connectivity index (χ2v) is 5.78. The number of rotatable bonds is 6. The minimum Gasteiger partial charge on any atom is -0.481 e. The van der Waals surface area contributed by atoms with Crippen LogP contribution in [0, 0.1) is 12.3 Å². The van der Waals surface area contributed by atoms with E-state index in [0.29, 0.717) is 18.4 Å². The third-order valence-corrected chi connectivity index (χ3v) is 3.64. The Morgan fingerprint density at radius 1 is 1.35 bits per heavy atom. The number of aliphatic carboxylic acids is 1. The number of carboxylic acids is 1. The standard InChI is InChI=1S/C14H23N3O3/c1-7-20-10-8-9(2)15-12(16-10)17-14(5,6)13(3,4)11(18)19/h8H,7H2,1-6H3,(H,18,19)(H,15,16,17). The second kappa shape index (κ2) is 5.64. The molecular formula is C14H23N3O3. The highest BCUT2D eigenvalue weighted by atomic mass is 16.5. The highest BCUT2D eigenvalue weighted by Gasteiger charge is 2.44.